The fourth-order valence-corrected chi connectivity index (χ4v) is 4.56. The lowest BCUT2D eigenvalue weighted by atomic mass is 10.1. The van der Waals surface area contributed by atoms with E-state index in [9.17, 15) is 4.79 Å². The molecule has 1 heterocycles. The molecule has 0 aliphatic carbocycles. The van der Waals surface area contributed by atoms with Crippen LogP contribution < -0.4 is 15.0 Å². The lowest BCUT2D eigenvalue weighted by Gasteiger charge is -2.17. The summed E-state index contributed by atoms with van der Waals surface area (Å²) in [4.78, 5) is 18.4. The molecule has 0 radical (unpaired) electrons. The third kappa shape index (κ3) is 4.16. The van der Waals surface area contributed by atoms with Gasteiger partial charge in [-0.2, -0.15) is 0 Å². The van der Waals surface area contributed by atoms with Crippen LogP contribution in [-0.4, -0.2) is 23.8 Å². The average Bonchev–Trinajstić information content (AvgIpc) is 2.79. The maximum Gasteiger partial charge on any atom is 0.266 e. The molecule has 3 aromatic carbocycles. The van der Waals surface area contributed by atoms with Crippen LogP contribution in [0.15, 0.2) is 70.6 Å². The number of thioether (sulfide) groups is 1. The van der Waals surface area contributed by atoms with Gasteiger partial charge in [-0.15, -0.1) is 0 Å². The maximum absolute atomic E-state index is 13.6. The van der Waals surface area contributed by atoms with Crippen LogP contribution >= 0.6 is 11.8 Å². The molecule has 0 aliphatic rings. The number of fused-ring (bicyclic) bond motifs is 1. The van der Waals surface area contributed by atoms with Gasteiger partial charge < -0.3 is 9.47 Å². The van der Waals surface area contributed by atoms with Crippen LogP contribution in [0.2, 0.25) is 0 Å². The van der Waals surface area contributed by atoms with E-state index < -0.39 is 0 Å². The minimum atomic E-state index is -0.138. The van der Waals surface area contributed by atoms with E-state index >= 15 is 0 Å². The third-order valence-electron chi connectivity index (χ3n) is 5.23. The summed E-state index contributed by atoms with van der Waals surface area (Å²) in [6, 6.07) is 19.2. The molecule has 5 nitrogen and oxygen atoms in total. The smallest absolute Gasteiger partial charge is 0.266 e. The highest BCUT2D eigenvalue weighted by molar-refractivity contribution is 7.98. The Hall–Kier alpha value is -3.25. The van der Waals surface area contributed by atoms with Gasteiger partial charge >= 0.3 is 0 Å². The Morgan fingerprint density at radius 3 is 2.55 bits per heavy atom. The van der Waals surface area contributed by atoms with Crippen molar-refractivity contribution in [3.8, 4) is 17.2 Å². The standard InChI is InChI=1S/C25H24N2O3S/c1-16-9-10-17(2)18(13-16)15-31-25-26-21-8-6-5-7-20(21)24(28)27(25)22-14-19(29-3)11-12-23(22)30-4/h5-14H,15H2,1-4H3. The van der Waals surface area contributed by atoms with Crippen molar-refractivity contribution in [1.29, 1.82) is 0 Å². The van der Waals surface area contributed by atoms with E-state index in [4.69, 9.17) is 14.5 Å². The molecule has 4 aromatic rings. The minimum absolute atomic E-state index is 0.138. The molecule has 1 aromatic heterocycles. The fourth-order valence-electron chi connectivity index (χ4n) is 3.49. The number of hydrogen-bond donors (Lipinski definition) is 0. The fraction of sp³-hybridized carbons (Fsp3) is 0.200. The molecule has 0 saturated heterocycles. The van der Waals surface area contributed by atoms with Crippen LogP contribution in [0, 0.1) is 13.8 Å². The molecule has 0 atom stereocenters. The quantitative estimate of drug-likeness (QED) is 0.305. The van der Waals surface area contributed by atoms with Crippen molar-refractivity contribution in [1.82, 2.24) is 9.55 Å². The molecule has 0 N–H and O–H groups in total. The van der Waals surface area contributed by atoms with E-state index in [2.05, 4.69) is 32.0 Å². The van der Waals surface area contributed by atoms with Crippen LogP contribution in [0.5, 0.6) is 11.5 Å². The minimum Gasteiger partial charge on any atom is -0.497 e. The summed E-state index contributed by atoms with van der Waals surface area (Å²) in [5.41, 5.74) is 4.78. The van der Waals surface area contributed by atoms with Crippen LogP contribution in [-0.2, 0) is 5.75 Å². The predicted molar refractivity (Wildman–Crippen MR) is 126 cm³/mol. The third-order valence-corrected chi connectivity index (χ3v) is 6.22. The number of hydrogen-bond acceptors (Lipinski definition) is 5. The Balaban J connectivity index is 1.91. The van der Waals surface area contributed by atoms with E-state index in [1.165, 1.54) is 28.5 Å². The van der Waals surface area contributed by atoms with Crippen LogP contribution in [0.4, 0.5) is 0 Å². The van der Waals surface area contributed by atoms with E-state index in [1.807, 2.05) is 24.3 Å². The van der Waals surface area contributed by atoms with Gasteiger partial charge in [-0.05, 0) is 49.2 Å². The SMILES string of the molecule is COc1ccc(OC)c(-n2c(SCc3cc(C)ccc3C)nc3ccccc3c2=O)c1. The monoisotopic (exact) mass is 432 g/mol. The second-order valence-electron chi connectivity index (χ2n) is 7.31. The zero-order valence-corrected chi connectivity index (χ0v) is 18.8. The average molecular weight is 433 g/mol. The molecule has 158 valence electrons. The van der Waals surface area contributed by atoms with Crippen LogP contribution in [0.25, 0.3) is 16.6 Å². The first kappa shape index (κ1) is 21.0. The lowest BCUT2D eigenvalue weighted by Crippen LogP contribution is -2.22. The van der Waals surface area contributed by atoms with Crippen molar-refractivity contribution >= 4 is 22.7 Å². The van der Waals surface area contributed by atoms with Crippen molar-refractivity contribution in [2.75, 3.05) is 14.2 Å². The molecule has 0 aliphatic heterocycles. The maximum atomic E-state index is 13.6. The van der Waals surface area contributed by atoms with Crippen molar-refractivity contribution in [2.24, 2.45) is 0 Å². The van der Waals surface area contributed by atoms with Crippen LogP contribution in [0.3, 0.4) is 0 Å². The van der Waals surface area contributed by atoms with E-state index in [1.54, 1.807) is 37.0 Å². The zero-order valence-electron chi connectivity index (χ0n) is 18.0. The van der Waals surface area contributed by atoms with Gasteiger partial charge in [-0.25, -0.2) is 4.98 Å². The highest BCUT2D eigenvalue weighted by Crippen LogP contribution is 2.32. The number of methoxy groups -OCH3 is 2. The van der Waals surface area contributed by atoms with Crippen LogP contribution in [0.1, 0.15) is 16.7 Å². The van der Waals surface area contributed by atoms with E-state index in [0.717, 1.165) is 0 Å². The summed E-state index contributed by atoms with van der Waals surface area (Å²) in [7, 11) is 3.19. The van der Waals surface area contributed by atoms with Gasteiger partial charge in [0, 0.05) is 11.8 Å². The van der Waals surface area contributed by atoms with Crippen molar-refractivity contribution < 1.29 is 9.47 Å². The predicted octanol–water partition coefficient (Wildman–Crippen LogP) is 5.31. The highest BCUT2D eigenvalue weighted by atomic mass is 32.2. The van der Waals surface area contributed by atoms with Gasteiger partial charge in [0.15, 0.2) is 5.16 Å². The van der Waals surface area contributed by atoms with Crippen molar-refractivity contribution in [3.05, 3.63) is 87.7 Å². The Morgan fingerprint density at radius 2 is 1.77 bits per heavy atom. The Bertz CT molecular complexity index is 1310. The number of benzene rings is 3. The van der Waals surface area contributed by atoms with Gasteiger partial charge in [0.05, 0.1) is 30.8 Å². The normalized spacial score (nSPS) is 11.0. The molecule has 0 bridgehead atoms. The topological polar surface area (TPSA) is 53.4 Å². The molecular formula is C25H24N2O3S. The molecular weight excluding hydrogens is 408 g/mol. The number of aryl methyl sites for hydroxylation is 2. The largest absolute Gasteiger partial charge is 0.497 e. The van der Waals surface area contributed by atoms with Gasteiger partial charge in [-0.3, -0.25) is 9.36 Å². The van der Waals surface area contributed by atoms with Gasteiger partial charge in [0.1, 0.15) is 11.5 Å². The summed E-state index contributed by atoms with van der Waals surface area (Å²) in [5.74, 6) is 1.92. The zero-order chi connectivity index (χ0) is 22.0. The van der Waals surface area contributed by atoms with E-state index in [0.29, 0.717) is 39.0 Å². The first-order valence-corrected chi connectivity index (χ1v) is 10.9. The molecule has 6 heteroatoms. The first-order valence-electron chi connectivity index (χ1n) is 9.95. The molecule has 31 heavy (non-hydrogen) atoms. The molecule has 4 rings (SSSR count). The summed E-state index contributed by atoms with van der Waals surface area (Å²) >= 11 is 1.53. The lowest BCUT2D eigenvalue weighted by molar-refractivity contribution is 0.400. The molecule has 0 saturated carbocycles. The van der Waals surface area contributed by atoms with Crippen molar-refractivity contribution in [3.63, 3.8) is 0 Å². The summed E-state index contributed by atoms with van der Waals surface area (Å²) in [6.45, 7) is 4.18. The van der Waals surface area contributed by atoms with Gasteiger partial charge in [0.2, 0.25) is 0 Å². The summed E-state index contributed by atoms with van der Waals surface area (Å²) < 4.78 is 12.6. The molecule has 0 spiro atoms. The summed E-state index contributed by atoms with van der Waals surface area (Å²) in [6.07, 6.45) is 0. The second-order valence-corrected chi connectivity index (χ2v) is 8.25. The van der Waals surface area contributed by atoms with Gasteiger partial charge in [-0.1, -0.05) is 47.7 Å². The van der Waals surface area contributed by atoms with Gasteiger partial charge in [0.25, 0.3) is 5.56 Å². The molecule has 0 unspecified atom stereocenters. The Labute approximate surface area is 185 Å². The molecule has 0 fully saturated rings. The van der Waals surface area contributed by atoms with Crippen molar-refractivity contribution in [2.45, 2.75) is 24.8 Å². The molecule has 0 amide bonds. The summed E-state index contributed by atoms with van der Waals surface area (Å²) in [5, 5.41) is 1.17. The van der Waals surface area contributed by atoms with E-state index in [-0.39, 0.29) is 5.56 Å². The number of para-hydroxylation sites is 1. The highest BCUT2D eigenvalue weighted by Gasteiger charge is 2.18. The number of nitrogens with zero attached hydrogens (tertiary/aromatic N) is 2. The second kappa shape index (κ2) is 8.86. The first-order chi connectivity index (χ1) is 15.0. The number of ether oxygens (including phenoxy) is 2. The number of rotatable bonds is 6. The number of aromatic nitrogens is 2. The Kier molecular flexibility index (Phi) is 6.00. The Morgan fingerprint density at radius 1 is 0.968 bits per heavy atom.